The second kappa shape index (κ2) is 5.43. The molecule has 0 spiro atoms. The van der Waals surface area contributed by atoms with Gasteiger partial charge in [0.05, 0.1) is 24.8 Å². The van der Waals surface area contributed by atoms with E-state index in [2.05, 4.69) is 18.3 Å². The van der Waals surface area contributed by atoms with Crippen LogP contribution in [0.4, 0.5) is 5.69 Å². The summed E-state index contributed by atoms with van der Waals surface area (Å²) in [4.78, 5) is 0. The number of ether oxygens (including phenoxy) is 1. The monoisotopic (exact) mass is 231 g/mol. The van der Waals surface area contributed by atoms with Crippen LogP contribution in [0.3, 0.4) is 0 Å². The van der Waals surface area contributed by atoms with Crippen molar-refractivity contribution in [2.45, 2.75) is 20.4 Å². The first-order valence-electron chi connectivity index (χ1n) is 5.78. The van der Waals surface area contributed by atoms with Gasteiger partial charge in [-0.15, -0.1) is 0 Å². The Morgan fingerprint density at radius 1 is 1.29 bits per heavy atom. The first-order chi connectivity index (χ1) is 8.29. The SMILES string of the molecule is CCOc1cc(C)ccc1NCc1ccoc1. The van der Waals surface area contributed by atoms with E-state index in [1.807, 2.05) is 25.1 Å². The average Bonchev–Trinajstić information content (AvgIpc) is 2.81. The Kier molecular flexibility index (Phi) is 3.70. The molecule has 1 N–H and O–H groups in total. The molecule has 1 heterocycles. The summed E-state index contributed by atoms with van der Waals surface area (Å²) < 4.78 is 10.6. The van der Waals surface area contributed by atoms with Crippen LogP contribution in [-0.4, -0.2) is 6.61 Å². The summed E-state index contributed by atoms with van der Waals surface area (Å²) in [7, 11) is 0. The molecule has 3 nitrogen and oxygen atoms in total. The molecule has 1 aromatic heterocycles. The summed E-state index contributed by atoms with van der Waals surface area (Å²) in [5.41, 5.74) is 3.33. The standard InChI is InChI=1S/C14H17NO2/c1-3-17-14-8-11(2)4-5-13(14)15-9-12-6-7-16-10-12/h4-8,10,15H,3,9H2,1-2H3. The summed E-state index contributed by atoms with van der Waals surface area (Å²) in [5.74, 6) is 0.899. The minimum Gasteiger partial charge on any atom is -0.492 e. The Bertz CT molecular complexity index is 463. The molecule has 3 heteroatoms. The van der Waals surface area contributed by atoms with Crippen molar-refractivity contribution in [2.24, 2.45) is 0 Å². The van der Waals surface area contributed by atoms with Gasteiger partial charge in [0, 0.05) is 12.1 Å². The predicted molar refractivity (Wildman–Crippen MR) is 68.4 cm³/mol. The molecule has 0 aliphatic carbocycles. The zero-order valence-electron chi connectivity index (χ0n) is 10.2. The number of anilines is 1. The Morgan fingerprint density at radius 2 is 2.18 bits per heavy atom. The lowest BCUT2D eigenvalue weighted by atomic mass is 10.2. The van der Waals surface area contributed by atoms with E-state index in [9.17, 15) is 0 Å². The maximum absolute atomic E-state index is 5.60. The second-order valence-electron chi connectivity index (χ2n) is 3.92. The van der Waals surface area contributed by atoms with Gasteiger partial charge in [0.2, 0.25) is 0 Å². The lowest BCUT2D eigenvalue weighted by molar-refractivity contribution is 0.341. The molecule has 90 valence electrons. The van der Waals surface area contributed by atoms with Crippen LogP contribution in [0.5, 0.6) is 5.75 Å². The zero-order chi connectivity index (χ0) is 12.1. The molecule has 1 aromatic carbocycles. The lowest BCUT2D eigenvalue weighted by Crippen LogP contribution is -2.02. The maximum Gasteiger partial charge on any atom is 0.142 e. The molecule has 0 radical (unpaired) electrons. The van der Waals surface area contributed by atoms with Gasteiger partial charge in [-0.3, -0.25) is 0 Å². The normalized spacial score (nSPS) is 10.2. The molecule has 2 rings (SSSR count). The minimum absolute atomic E-state index is 0.670. The van der Waals surface area contributed by atoms with Gasteiger partial charge in [0.25, 0.3) is 0 Å². The number of benzene rings is 1. The highest BCUT2D eigenvalue weighted by atomic mass is 16.5. The molecule has 0 unspecified atom stereocenters. The third kappa shape index (κ3) is 3.03. The van der Waals surface area contributed by atoms with Gasteiger partial charge in [0.1, 0.15) is 5.75 Å². The van der Waals surface area contributed by atoms with Crippen molar-refractivity contribution in [3.63, 3.8) is 0 Å². The van der Waals surface area contributed by atoms with E-state index < -0.39 is 0 Å². The lowest BCUT2D eigenvalue weighted by Gasteiger charge is -2.12. The molecular weight excluding hydrogens is 214 g/mol. The molecule has 0 saturated heterocycles. The van der Waals surface area contributed by atoms with Crippen molar-refractivity contribution in [2.75, 3.05) is 11.9 Å². The summed E-state index contributed by atoms with van der Waals surface area (Å²) in [6.45, 7) is 5.45. The molecule has 0 saturated carbocycles. The number of aryl methyl sites for hydroxylation is 1. The molecule has 0 aliphatic rings. The van der Waals surface area contributed by atoms with E-state index in [0.717, 1.165) is 23.5 Å². The van der Waals surface area contributed by atoms with Crippen LogP contribution >= 0.6 is 0 Å². The predicted octanol–water partition coefficient (Wildman–Crippen LogP) is 3.60. The summed E-state index contributed by atoms with van der Waals surface area (Å²) >= 11 is 0. The first kappa shape index (κ1) is 11.6. The van der Waals surface area contributed by atoms with Crippen LogP contribution in [0.1, 0.15) is 18.1 Å². The van der Waals surface area contributed by atoms with E-state index in [1.165, 1.54) is 5.56 Å². The zero-order valence-corrected chi connectivity index (χ0v) is 10.2. The molecule has 0 bridgehead atoms. The van der Waals surface area contributed by atoms with E-state index in [-0.39, 0.29) is 0 Å². The van der Waals surface area contributed by atoms with Crippen molar-refractivity contribution in [3.8, 4) is 5.75 Å². The Balaban J connectivity index is 2.08. The van der Waals surface area contributed by atoms with Crippen LogP contribution in [0.25, 0.3) is 0 Å². The largest absolute Gasteiger partial charge is 0.492 e. The van der Waals surface area contributed by atoms with E-state index >= 15 is 0 Å². The Labute approximate surface area is 101 Å². The van der Waals surface area contributed by atoms with Crippen LogP contribution in [0, 0.1) is 6.92 Å². The molecular formula is C14H17NO2. The Morgan fingerprint density at radius 3 is 2.88 bits per heavy atom. The van der Waals surface area contributed by atoms with Crippen molar-refractivity contribution in [3.05, 3.63) is 47.9 Å². The van der Waals surface area contributed by atoms with E-state index in [4.69, 9.17) is 9.15 Å². The maximum atomic E-state index is 5.60. The third-order valence-corrected chi connectivity index (χ3v) is 2.50. The fourth-order valence-electron chi connectivity index (χ4n) is 1.64. The van der Waals surface area contributed by atoms with Crippen molar-refractivity contribution < 1.29 is 9.15 Å². The number of furan rings is 1. The fourth-order valence-corrected chi connectivity index (χ4v) is 1.64. The van der Waals surface area contributed by atoms with Gasteiger partial charge in [-0.05, 0) is 37.6 Å². The number of nitrogens with one attached hydrogen (secondary N) is 1. The third-order valence-electron chi connectivity index (χ3n) is 2.50. The van der Waals surface area contributed by atoms with Gasteiger partial charge >= 0.3 is 0 Å². The Hall–Kier alpha value is -1.90. The molecule has 2 aromatic rings. The number of hydrogen-bond donors (Lipinski definition) is 1. The first-order valence-corrected chi connectivity index (χ1v) is 5.78. The summed E-state index contributed by atoms with van der Waals surface area (Å²) in [6, 6.07) is 8.10. The molecule has 0 amide bonds. The van der Waals surface area contributed by atoms with Gasteiger partial charge < -0.3 is 14.5 Å². The topological polar surface area (TPSA) is 34.4 Å². The highest BCUT2D eigenvalue weighted by Crippen LogP contribution is 2.26. The van der Waals surface area contributed by atoms with Gasteiger partial charge in [-0.1, -0.05) is 6.07 Å². The fraction of sp³-hybridized carbons (Fsp3) is 0.286. The smallest absolute Gasteiger partial charge is 0.142 e. The number of rotatable bonds is 5. The quantitative estimate of drug-likeness (QED) is 0.853. The van der Waals surface area contributed by atoms with Crippen molar-refractivity contribution in [1.29, 1.82) is 0 Å². The van der Waals surface area contributed by atoms with E-state index in [0.29, 0.717) is 6.61 Å². The number of hydrogen-bond acceptors (Lipinski definition) is 3. The van der Waals surface area contributed by atoms with Gasteiger partial charge in [-0.2, -0.15) is 0 Å². The highest BCUT2D eigenvalue weighted by Gasteiger charge is 2.03. The molecule has 0 atom stereocenters. The van der Waals surface area contributed by atoms with Crippen LogP contribution in [0.15, 0.2) is 41.2 Å². The average molecular weight is 231 g/mol. The summed E-state index contributed by atoms with van der Waals surface area (Å²) in [6.07, 6.45) is 3.41. The molecule has 0 aliphatic heterocycles. The van der Waals surface area contributed by atoms with E-state index in [1.54, 1.807) is 12.5 Å². The highest BCUT2D eigenvalue weighted by molar-refractivity contribution is 5.57. The van der Waals surface area contributed by atoms with Crippen molar-refractivity contribution in [1.82, 2.24) is 0 Å². The molecule has 0 fully saturated rings. The summed E-state index contributed by atoms with van der Waals surface area (Å²) in [5, 5.41) is 3.34. The van der Waals surface area contributed by atoms with Gasteiger partial charge in [0.15, 0.2) is 0 Å². The second-order valence-corrected chi connectivity index (χ2v) is 3.92. The van der Waals surface area contributed by atoms with Gasteiger partial charge in [-0.25, -0.2) is 0 Å². The molecule has 17 heavy (non-hydrogen) atoms. The van der Waals surface area contributed by atoms with Crippen molar-refractivity contribution >= 4 is 5.69 Å². The van der Waals surface area contributed by atoms with Crippen LogP contribution in [-0.2, 0) is 6.54 Å². The minimum atomic E-state index is 0.670. The van der Waals surface area contributed by atoms with Crippen LogP contribution in [0.2, 0.25) is 0 Å². The van der Waals surface area contributed by atoms with Crippen LogP contribution < -0.4 is 10.1 Å².